The number of hydrogen-bond acceptors (Lipinski definition) is 5. The molecule has 2 rings (SSSR count). The highest BCUT2D eigenvalue weighted by Gasteiger charge is 2.18. The Morgan fingerprint density at radius 3 is 2.88 bits per heavy atom. The maximum atomic E-state index is 10.8. The number of nitro benzene ring substituents is 1. The van der Waals surface area contributed by atoms with Crippen molar-refractivity contribution in [3.63, 3.8) is 0 Å². The van der Waals surface area contributed by atoms with Crippen molar-refractivity contribution in [3.05, 3.63) is 52.9 Å². The number of rotatable bonds is 4. The molecule has 0 aliphatic rings. The number of nitrogens with zero attached hydrogens (tertiary/aromatic N) is 3. The third kappa shape index (κ3) is 2.20. The van der Waals surface area contributed by atoms with Gasteiger partial charge in [-0.1, -0.05) is 18.2 Å². The summed E-state index contributed by atoms with van der Waals surface area (Å²) in [4.78, 5) is 10.3. The highest BCUT2D eigenvalue weighted by molar-refractivity contribution is 5.66. The van der Waals surface area contributed by atoms with E-state index in [4.69, 9.17) is 4.42 Å². The van der Waals surface area contributed by atoms with Gasteiger partial charge in [-0.3, -0.25) is 10.1 Å². The Balaban J connectivity index is 2.44. The summed E-state index contributed by atoms with van der Waals surface area (Å²) in [5.41, 5.74) is 0.265. The molecule has 1 aromatic carbocycles. The Morgan fingerprint density at radius 2 is 2.18 bits per heavy atom. The fourth-order valence-corrected chi connectivity index (χ4v) is 1.38. The van der Waals surface area contributed by atoms with Crippen LogP contribution in [0.15, 0.2) is 41.3 Å². The number of aromatic nitrogens is 2. The normalized spacial score (nSPS) is 10.1. The summed E-state index contributed by atoms with van der Waals surface area (Å²) in [5, 5.41) is 18.4. The van der Waals surface area contributed by atoms with E-state index < -0.39 is 4.92 Å². The SMILES string of the molecule is C=CCc1nnc(-c2ccccc2[N+](=O)[O-])o1. The van der Waals surface area contributed by atoms with Gasteiger partial charge < -0.3 is 4.42 Å². The standard InChI is InChI=1S/C11H9N3O3/c1-2-5-10-12-13-11(17-10)8-6-3-4-7-9(8)14(15)16/h2-4,6-7H,1,5H2. The molecule has 0 aliphatic carbocycles. The van der Waals surface area contributed by atoms with Crippen LogP contribution in [0.5, 0.6) is 0 Å². The first kappa shape index (κ1) is 11.0. The van der Waals surface area contributed by atoms with Crippen LogP contribution in [0.25, 0.3) is 11.5 Å². The fraction of sp³-hybridized carbons (Fsp3) is 0.0909. The van der Waals surface area contributed by atoms with Gasteiger partial charge in [0.25, 0.3) is 11.6 Å². The van der Waals surface area contributed by atoms with Crippen molar-refractivity contribution in [2.45, 2.75) is 6.42 Å². The van der Waals surface area contributed by atoms with Crippen LogP contribution in [-0.2, 0) is 6.42 Å². The van der Waals surface area contributed by atoms with E-state index in [0.29, 0.717) is 17.9 Å². The predicted octanol–water partition coefficient (Wildman–Crippen LogP) is 2.37. The van der Waals surface area contributed by atoms with Gasteiger partial charge >= 0.3 is 0 Å². The minimum Gasteiger partial charge on any atom is -0.420 e. The zero-order valence-corrected chi connectivity index (χ0v) is 8.87. The van der Waals surface area contributed by atoms with Crippen LogP contribution in [0.1, 0.15) is 5.89 Å². The molecule has 1 heterocycles. The topological polar surface area (TPSA) is 82.1 Å². The average Bonchev–Trinajstić information content (AvgIpc) is 2.78. The van der Waals surface area contributed by atoms with E-state index in [9.17, 15) is 10.1 Å². The van der Waals surface area contributed by atoms with E-state index in [1.54, 1.807) is 24.3 Å². The minimum atomic E-state index is -0.479. The number of allylic oxidation sites excluding steroid dienone is 1. The molecule has 0 spiro atoms. The molecule has 0 fully saturated rings. The van der Waals surface area contributed by atoms with Crippen LogP contribution in [-0.4, -0.2) is 15.1 Å². The molecule has 0 amide bonds. The molecule has 0 saturated heterocycles. The van der Waals surface area contributed by atoms with Crippen molar-refractivity contribution in [3.8, 4) is 11.5 Å². The molecule has 0 aliphatic heterocycles. The Labute approximate surface area is 96.7 Å². The second kappa shape index (κ2) is 4.56. The van der Waals surface area contributed by atoms with Crippen LogP contribution >= 0.6 is 0 Å². The van der Waals surface area contributed by atoms with Gasteiger partial charge in [0.15, 0.2) is 0 Å². The summed E-state index contributed by atoms with van der Waals surface area (Å²) in [6, 6.07) is 6.23. The minimum absolute atomic E-state index is 0.0543. The van der Waals surface area contributed by atoms with E-state index in [-0.39, 0.29) is 11.6 Å². The number of benzene rings is 1. The van der Waals surface area contributed by atoms with Crippen LogP contribution in [0.4, 0.5) is 5.69 Å². The molecule has 2 aromatic rings. The first-order chi connectivity index (χ1) is 8.22. The monoisotopic (exact) mass is 231 g/mol. The number of hydrogen-bond donors (Lipinski definition) is 0. The molecule has 17 heavy (non-hydrogen) atoms. The van der Waals surface area contributed by atoms with Gasteiger partial charge in [0.1, 0.15) is 5.56 Å². The summed E-state index contributed by atoms with van der Waals surface area (Å²) in [6.07, 6.45) is 2.06. The van der Waals surface area contributed by atoms with Crippen LogP contribution in [0.2, 0.25) is 0 Å². The first-order valence-corrected chi connectivity index (χ1v) is 4.89. The summed E-state index contributed by atoms with van der Waals surface area (Å²) in [6.45, 7) is 3.55. The van der Waals surface area contributed by atoms with Gasteiger partial charge in [0, 0.05) is 12.5 Å². The highest BCUT2D eigenvalue weighted by Crippen LogP contribution is 2.28. The smallest absolute Gasteiger partial charge is 0.282 e. The molecule has 86 valence electrons. The molecule has 0 atom stereocenters. The maximum Gasteiger partial charge on any atom is 0.282 e. The average molecular weight is 231 g/mol. The molecular formula is C11H9N3O3. The quantitative estimate of drug-likeness (QED) is 0.458. The van der Waals surface area contributed by atoms with Crippen LogP contribution in [0, 0.1) is 10.1 Å². The van der Waals surface area contributed by atoms with Crippen LogP contribution in [0.3, 0.4) is 0 Å². The molecule has 0 saturated carbocycles. The lowest BCUT2D eigenvalue weighted by molar-refractivity contribution is -0.384. The summed E-state index contributed by atoms with van der Waals surface area (Å²) < 4.78 is 5.30. The highest BCUT2D eigenvalue weighted by atomic mass is 16.6. The van der Waals surface area contributed by atoms with Crippen molar-refractivity contribution in [1.82, 2.24) is 10.2 Å². The Kier molecular flexibility index (Phi) is 2.95. The van der Waals surface area contributed by atoms with E-state index in [2.05, 4.69) is 16.8 Å². The summed E-state index contributed by atoms with van der Waals surface area (Å²) >= 11 is 0. The molecule has 0 radical (unpaired) electrons. The fourth-order valence-electron chi connectivity index (χ4n) is 1.38. The van der Waals surface area contributed by atoms with Crippen molar-refractivity contribution in [1.29, 1.82) is 0 Å². The van der Waals surface area contributed by atoms with E-state index in [0.717, 1.165) is 0 Å². The predicted molar refractivity (Wildman–Crippen MR) is 60.3 cm³/mol. The lowest BCUT2D eigenvalue weighted by atomic mass is 10.2. The second-order valence-electron chi connectivity index (χ2n) is 3.27. The van der Waals surface area contributed by atoms with Gasteiger partial charge in [0.2, 0.25) is 5.89 Å². The van der Waals surface area contributed by atoms with E-state index in [1.807, 2.05) is 0 Å². The van der Waals surface area contributed by atoms with Crippen molar-refractivity contribution < 1.29 is 9.34 Å². The third-order valence-corrected chi connectivity index (χ3v) is 2.12. The molecule has 1 aromatic heterocycles. The second-order valence-corrected chi connectivity index (χ2v) is 3.27. The zero-order chi connectivity index (χ0) is 12.3. The maximum absolute atomic E-state index is 10.8. The van der Waals surface area contributed by atoms with Gasteiger partial charge in [-0.25, -0.2) is 0 Å². The molecule has 6 nitrogen and oxygen atoms in total. The van der Waals surface area contributed by atoms with Gasteiger partial charge in [-0.05, 0) is 6.07 Å². The summed E-state index contributed by atoms with van der Waals surface area (Å²) in [5.74, 6) is 0.530. The molecule has 0 unspecified atom stereocenters. The third-order valence-electron chi connectivity index (χ3n) is 2.12. The van der Waals surface area contributed by atoms with Crippen molar-refractivity contribution in [2.24, 2.45) is 0 Å². The lowest BCUT2D eigenvalue weighted by Gasteiger charge is -1.96. The van der Waals surface area contributed by atoms with Crippen molar-refractivity contribution >= 4 is 5.69 Å². The lowest BCUT2D eigenvalue weighted by Crippen LogP contribution is -1.91. The Bertz CT molecular complexity index is 563. The molecule has 0 N–H and O–H groups in total. The molecular weight excluding hydrogens is 222 g/mol. The number of nitro groups is 1. The largest absolute Gasteiger partial charge is 0.420 e. The summed E-state index contributed by atoms with van der Waals surface area (Å²) in [7, 11) is 0. The Morgan fingerprint density at radius 1 is 1.41 bits per heavy atom. The van der Waals surface area contributed by atoms with Gasteiger partial charge in [-0.15, -0.1) is 16.8 Å². The Hall–Kier alpha value is -2.50. The molecule has 6 heteroatoms. The molecule has 0 bridgehead atoms. The van der Waals surface area contributed by atoms with E-state index in [1.165, 1.54) is 6.07 Å². The van der Waals surface area contributed by atoms with Crippen LogP contribution < -0.4 is 0 Å². The first-order valence-electron chi connectivity index (χ1n) is 4.89. The van der Waals surface area contributed by atoms with Gasteiger partial charge in [-0.2, -0.15) is 0 Å². The van der Waals surface area contributed by atoms with E-state index >= 15 is 0 Å². The van der Waals surface area contributed by atoms with Crippen molar-refractivity contribution in [2.75, 3.05) is 0 Å². The zero-order valence-electron chi connectivity index (χ0n) is 8.87. The van der Waals surface area contributed by atoms with Gasteiger partial charge in [0.05, 0.1) is 4.92 Å². The number of para-hydroxylation sites is 1.